The van der Waals surface area contributed by atoms with Crippen LogP contribution in [0.25, 0.3) is 0 Å². The standard InChI is InChI=1S/C19H23N3O4/c1-13(23)21-15-5-7-16(8-6-15)22-19(24)12-20-11-14-4-9-17(25-2)18(10-14)26-3/h4-10,20H,11-12H2,1-3H3,(H,21,23)(H,22,24). The van der Waals surface area contributed by atoms with Gasteiger partial charge in [-0.2, -0.15) is 0 Å². The Bertz CT molecular complexity index is 760. The first-order valence-electron chi connectivity index (χ1n) is 8.11. The highest BCUT2D eigenvalue weighted by molar-refractivity contribution is 5.93. The predicted octanol–water partition coefficient (Wildman–Crippen LogP) is 2.39. The van der Waals surface area contributed by atoms with E-state index in [0.717, 1.165) is 5.56 Å². The van der Waals surface area contributed by atoms with Crippen LogP contribution in [0.4, 0.5) is 11.4 Å². The quantitative estimate of drug-likeness (QED) is 0.675. The van der Waals surface area contributed by atoms with Gasteiger partial charge in [0, 0.05) is 24.8 Å². The molecule has 0 saturated heterocycles. The SMILES string of the molecule is COc1ccc(CNCC(=O)Nc2ccc(NC(C)=O)cc2)cc1OC. The van der Waals surface area contributed by atoms with E-state index >= 15 is 0 Å². The Morgan fingerprint density at radius 3 is 2.08 bits per heavy atom. The van der Waals surface area contributed by atoms with Crippen molar-refractivity contribution in [2.24, 2.45) is 0 Å². The van der Waals surface area contributed by atoms with Crippen molar-refractivity contribution in [1.29, 1.82) is 0 Å². The van der Waals surface area contributed by atoms with Gasteiger partial charge in [0.1, 0.15) is 0 Å². The zero-order valence-corrected chi connectivity index (χ0v) is 15.1. The maximum atomic E-state index is 12.0. The van der Waals surface area contributed by atoms with Gasteiger partial charge in [-0.25, -0.2) is 0 Å². The molecule has 0 atom stereocenters. The summed E-state index contributed by atoms with van der Waals surface area (Å²) >= 11 is 0. The van der Waals surface area contributed by atoms with Gasteiger partial charge in [-0.1, -0.05) is 6.07 Å². The van der Waals surface area contributed by atoms with Gasteiger partial charge >= 0.3 is 0 Å². The Hall–Kier alpha value is -3.06. The molecule has 0 unspecified atom stereocenters. The summed E-state index contributed by atoms with van der Waals surface area (Å²) in [7, 11) is 3.17. The second-order valence-electron chi connectivity index (χ2n) is 5.60. The van der Waals surface area contributed by atoms with E-state index in [1.54, 1.807) is 38.5 Å². The van der Waals surface area contributed by atoms with E-state index in [1.807, 2.05) is 18.2 Å². The fraction of sp³-hybridized carbons (Fsp3) is 0.263. The highest BCUT2D eigenvalue weighted by Crippen LogP contribution is 2.27. The molecular weight excluding hydrogens is 334 g/mol. The monoisotopic (exact) mass is 357 g/mol. The average Bonchev–Trinajstić information content (AvgIpc) is 2.62. The normalized spacial score (nSPS) is 10.1. The molecule has 0 aliphatic heterocycles. The largest absolute Gasteiger partial charge is 0.493 e. The molecule has 0 aliphatic carbocycles. The topological polar surface area (TPSA) is 88.7 Å². The summed E-state index contributed by atoms with van der Waals surface area (Å²) in [5.41, 5.74) is 2.33. The number of nitrogens with one attached hydrogen (secondary N) is 3. The number of anilines is 2. The van der Waals surface area contributed by atoms with Crippen molar-refractivity contribution in [2.45, 2.75) is 13.5 Å². The van der Waals surface area contributed by atoms with Gasteiger partial charge in [0.2, 0.25) is 11.8 Å². The molecule has 0 bridgehead atoms. The van der Waals surface area contributed by atoms with Crippen LogP contribution in [0.3, 0.4) is 0 Å². The van der Waals surface area contributed by atoms with Crippen LogP contribution in [-0.4, -0.2) is 32.6 Å². The van der Waals surface area contributed by atoms with Crippen LogP contribution in [0.1, 0.15) is 12.5 Å². The smallest absolute Gasteiger partial charge is 0.238 e. The number of hydrogen-bond donors (Lipinski definition) is 3. The molecule has 0 aliphatic rings. The molecule has 0 aromatic heterocycles. The molecule has 26 heavy (non-hydrogen) atoms. The molecule has 0 saturated carbocycles. The van der Waals surface area contributed by atoms with Crippen LogP contribution in [0.15, 0.2) is 42.5 Å². The summed E-state index contributed by atoms with van der Waals surface area (Å²) in [5.74, 6) is 1.02. The second-order valence-corrected chi connectivity index (χ2v) is 5.60. The average molecular weight is 357 g/mol. The third-order valence-electron chi connectivity index (χ3n) is 3.55. The minimum atomic E-state index is -0.155. The molecule has 0 spiro atoms. The zero-order chi connectivity index (χ0) is 18.9. The number of ether oxygens (including phenoxy) is 2. The van der Waals surface area contributed by atoms with Crippen molar-refractivity contribution in [1.82, 2.24) is 5.32 Å². The first kappa shape index (κ1) is 19.3. The van der Waals surface area contributed by atoms with Crippen LogP contribution >= 0.6 is 0 Å². The van der Waals surface area contributed by atoms with Gasteiger partial charge in [-0.05, 0) is 42.0 Å². The van der Waals surface area contributed by atoms with Gasteiger partial charge < -0.3 is 25.4 Å². The Labute approximate surface area is 152 Å². The van der Waals surface area contributed by atoms with Crippen LogP contribution in [-0.2, 0) is 16.1 Å². The number of hydrogen-bond acceptors (Lipinski definition) is 5. The minimum absolute atomic E-state index is 0.138. The Kier molecular flexibility index (Phi) is 6.99. The molecule has 7 nitrogen and oxygen atoms in total. The van der Waals surface area contributed by atoms with E-state index in [1.165, 1.54) is 6.92 Å². The summed E-state index contributed by atoms with van der Waals surface area (Å²) in [4.78, 5) is 23.0. The first-order valence-corrected chi connectivity index (χ1v) is 8.11. The number of rotatable bonds is 8. The molecule has 0 radical (unpaired) electrons. The summed E-state index contributed by atoms with van der Waals surface area (Å²) in [6.45, 7) is 2.14. The van der Waals surface area contributed by atoms with Crippen LogP contribution in [0.2, 0.25) is 0 Å². The summed E-state index contributed by atoms with van der Waals surface area (Å²) in [6.07, 6.45) is 0. The van der Waals surface area contributed by atoms with Gasteiger partial charge in [-0.3, -0.25) is 9.59 Å². The molecular formula is C19H23N3O4. The lowest BCUT2D eigenvalue weighted by Gasteiger charge is -2.11. The molecule has 2 aromatic carbocycles. The Morgan fingerprint density at radius 2 is 1.50 bits per heavy atom. The number of amides is 2. The van der Waals surface area contributed by atoms with Crippen molar-refractivity contribution < 1.29 is 19.1 Å². The van der Waals surface area contributed by atoms with Crippen molar-refractivity contribution in [3.05, 3.63) is 48.0 Å². The number of carbonyl (C=O) groups excluding carboxylic acids is 2. The lowest BCUT2D eigenvalue weighted by Crippen LogP contribution is -2.27. The molecule has 3 N–H and O–H groups in total. The number of methoxy groups -OCH3 is 2. The van der Waals surface area contributed by atoms with Gasteiger partial charge in [0.05, 0.1) is 20.8 Å². The fourth-order valence-corrected chi connectivity index (χ4v) is 2.36. The molecule has 0 fully saturated rings. The maximum absolute atomic E-state index is 12.0. The highest BCUT2D eigenvalue weighted by Gasteiger charge is 2.06. The van der Waals surface area contributed by atoms with E-state index in [9.17, 15) is 9.59 Å². The maximum Gasteiger partial charge on any atom is 0.238 e. The van der Waals surface area contributed by atoms with Crippen molar-refractivity contribution in [2.75, 3.05) is 31.4 Å². The Balaban J connectivity index is 1.81. The van der Waals surface area contributed by atoms with E-state index in [4.69, 9.17) is 9.47 Å². The predicted molar refractivity (Wildman–Crippen MR) is 101 cm³/mol. The second kappa shape index (κ2) is 9.43. The zero-order valence-electron chi connectivity index (χ0n) is 15.1. The lowest BCUT2D eigenvalue weighted by atomic mass is 10.2. The molecule has 138 valence electrons. The fourth-order valence-electron chi connectivity index (χ4n) is 2.36. The summed E-state index contributed by atoms with van der Waals surface area (Å²) in [6, 6.07) is 12.5. The van der Waals surface area contributed by atoms with Crippen molar-refractivity contribution in [3.8, 4) is 11.5 Å². The molecule has 7 heteroatoms. The van der Waals surface area contributed by atoms with Crippen molar-refractivity contribution >= 4 is 23.2 Å². The van der Waals surface area contributed by atoms with Crippen LogP contribution in [0, 0.1) is 0 Å². The first-order chi connectivity index (χ1) is 12.5. The van der Waals surface area contributed by atoms with Crippen LogP contribution in [0.5, 0.6) is 11.5 Å². The van der Waals surface area contributed by atoms with Gasteiger partial charge in [0.25, 0.3) is 0 Å². The van der Waals surface area contributed by atoms with Gasteiger partial charge in [0.15, 0.2) is 11.5 Å². The lowest BCUT2D eigenvalue weighted by molar-refractivity contribution is -0.115. The van der Waals surface area contributed by atoms with Crippen LogP contribution < -0.4 is 25.4 Å². The number of benzene rings is 2. The minimum Gasteiger partial charge on any atom is -0.493 e. The molecule has 0 heterocycles. The summed E-state index contributed by atoms with van der Waals surface area (Å²) < 4.78 is 10.5. The number of carbonyl (C=O) groups is 2. The summed E-state index contributed by atoms with van der Waals surface area (Å²) in [5, 5.41) is 8.55. The van der Waals surface area contributed by atoms with E-state index < -0.39 is 0 Å². The van der Waals surface area contributed by atoms with E-state index in [-0.39, 0.29) is 18.4 Å². The molecule has 2 rings (SSSR count). The van der Waals surface area contributed by atoms with Crippen molar-refractivity contribution in [3.63, 3.8) is 0 Å². The third-order valence-corrected chi connectivity index (χ3v) is 3.55. The third kappa shape index (κ3) is 5.78. The highest BCUT2D eigenvalue weighted by atomic mass is 16.5. The van der Waals surface area contributed by atoms with E-state index in [2.05, 4.69) is 16.0 Å². The van der Waals surface area contributed by atoms with Gasteiger partial charge in [-0.15, -0.1) is 0 Å². The molecule has 2 aromatic rings. The Morgan fingerprint density at radius 1 is 0.885 bits per heavy atom. The molecule has 2 amide bonds. The van der Waals surface area contributed by atoms with E-state index in [0.29, 0.717) is 29.4 Å².